The number of aliphatic hydroxyl groups excluding tert-OH is 1. The third kappa shape index (κ3) is 4.42. The molecule has 3 aromatic rings. The highest BCUT2D eigenvalue weighted by atomic mass is 35.5. The quantitative estimate of drug-likeness (QED) is 0.215. The van der Waals surface area contributed by atoms with Crippen LogP contribution in [0.25, 0.3) is 5.76 Å². The number of thiazole rings is 1. The second-order valence-corrected chi connectivity index (χ2v) is 9.63. The van der Waals surface area contributed by atoms with Gasteiger partial charge in [-0.15, -0.1) is 0 Å². The summed E-state index contributed by atoms with van der Waals surface area (Å²) in [5, 5.41) is 11.9. The van der Waals surface area contributed by atoms with Crippen LogP contribution < -0.4 is 14.4 Å². The van der Waals surface area contributed by atoms with Crippen LogP contribution in [0, 0.1) is 6.92 Å². The molecule has 1 unspecified atom stereocenters. The molecular weight excluding hydrogens is 520 g/mol. The van der Waals surface area contributed by atoms with Crippen LogP contribution in [0.1, 0.15) is 39.5 Å². The van der Waals surface area contributed by atoms with Crippen molar-refractivity contribution < 1.29 is 33.7 Å². The lowest BCUT2D eigenvalue weighted by atomic mass is 9.95. The summed E-state index contributed by atoms with van der Waals surface area (Å²) in [6.07, 6.45) is 0. The van der Waals surface area contributed by atoms with Crippen LogP contribution in [0.15, 0.2) is 48.0 Å². The molecular formula is C26H21ClN2O7S. The van der Waals surface area contributed by atoms with Crippen molar-refractivity contribution in [3.05, 3.63) is 74.8 Å². The number of ketones is 1. The van der Waals surface area contributed by atoms with E-state index in [1.165, 1.54) is 4.90 Å². The van der Waals surface area contributed by atoms with Crippen molar-refractivity contribution >= 4 is 51.5 Å². The molecule has 1 amide bonds. The molecule has 0 radical (unpaired) electrons. The van der Waals surface area contributed by atoms with E-state index in [-0.39, 0.29) is 33.5 Å². The number of halogens is 1. The largest absolute Gasteiger partial charge is 0.507 e. The average molecular weight is 541 g/mol. The number of aliphatic hydroxyl groups is 1. The summed E-state index contributed by atoms with van der Waals surface area (Å²) in [7, 11) is 0. The molecule has 0 bridgehead atoms. The summed E-state index contributed by atoms with van der Waals surface area (Å²) in [5.41, 5.74) is 0.972. The number of amides is 1. The van der Waals surface area contributed by atoms with Gasteiger partial charge >= 0.3 is 11.9 Å². The van der Waals surface area contributed by atoms with Gasteiger partial charge in [0.05, 0.1) is 23.9 Å². The zero-order valence-corrected chi connectivity index (χ0v) is 21.4. The minimum atomic E-state index is -1.05. The van der Waals surface area contributed by atoms with E-state index in [9.17, 15) is 19.5 Å². The summed E-state index contributed by atoms with van der Waals surface area (Å²) in [6, 6.07) is 10.4. The first-order valence-electron chi connectivity index (χ1n) is 11.4. The Hall–Kier alpha value is -3.89. The number of Topliss-reactive ketones (excluding diaryl/α,β-unsaturated/α-hetero) is 1. The van der Waals surface area contributed by atoms with Gasteiger partial charge in [0.2, 0.25) is 0 Å². The number of anilines is 1. The molecule has 190 valence electrons. The highest BCUT2D eigenvalue weighted by Crippen LogP contribution is 2.45. The molecule has 0 saturated carbocycles. The Balaban J connectivity index is 1.67. The molecule has 1 atom stereocenters. The molecule has 9 nitrogen and oxygen atoms in total. The van der Waals surface area contributed by atoms with Gasteiger partial charge in [-0.2, -0.15) is 0 Å². The number of hydrogen-bond acceptors (Lipinski definition) is 9. The molecule has 37 heavy (non-hydrogen) atoms. The summed E-state index contributed by atoms with van der Waals surface area (Å²) < 4.78 is 16.2. The zero-order chi connectivity index (χ0) is 26.3. The number of carbonyl (C=O) groups excluding carboxylic acids is 3. The minimum Gasteiger partial charge on any atom is -0.507 e. The number of benzene rings is 2. The van der Waals surface area contributed by atoms with E-state index in [4.69, 9.17) is 25.8 Å². The number of aryl methyl sites for hydroxylation is 1. The van der Waals surface area contributed by atoms with Crippen LogP contribution in [0.4, 0.5) is 5.13 Å². The van der Waals surface area contributed by atoms with Gasteiger partial charge in [0.25, 0.3) is 5.78 Å². The maximum absolute atomic E-state index is 13.4. The number of nitrogens with zero attached hydrogens (tertiary/aromatic N) is 2. The summed E-state index contributed by atoms with van der Waals surface area (Å²) in [6.45, 7) is 4.22. The van der Waals surface area contributed by atoms with Crippen LogP contribution in [0.5, 0.6) is 11.5 Å². The lowest BCUT2D eigenvalue weighted by Gasteiger charge is -2.23. The summed E-state index contributed by atoms with van der Waals surface area (Å²) >= 11 is 7.18. The predicted molar refractivity (Wildman–Crippen MR) is 136 cm³/mol. The molecule has 5 rings (SSSR count). The molecule has 1 fully saturated rings. The molecule has 2 aliphatic heterocycles. The van der Waals surface area contributed by atoms with Crippen molar-refractivity contribution in [3.63, 3.8) is 0 Å². The fourth-order valence-electron chi connectivity index (χ4n) is 4.24. The number of fused-ring (bicyclic) bond motifs is 1. The van der Waals surface area contributed by atoms with E-state index in [2.05, 4.69) is 4.98 Å². The Kier molecular flexibility index (Phi) is 6.61. The van der Waals surface area contributed by atoms with Gasteiger partial charge in [-0.1, -0.05) is 35.1 Å². The first kappa shape index (κ1) is 24.8. The molecule has 0 aliphatic carbocycles. The lowest BCUT2D eigenvalue weighted by Crippen LogP contribution is -2.29. The van der Waals surface area contributed by atoms with Gasteiger partial charge in [-0.05, 0) is 49.7 Å². The van der Waals surface area contributed by atoms with Crippen molar-refractivity contribution in [2.45, 2.75) is 19.9 Å². The van der Waals surface area contributed by atoms with Crippen molar-refractivity contribution in [3.8, 4) is 11.5 Å². The van der Waals surface area contributed by atoms with Gasteiger partial charge in [0.1, 0.15) is 23.9 Å². The Morgan fingerprint density at radius 1 is 1.19 bits per heavy atom. The van der Waals surface area contributed by atoms with Gasteiger partial charge < -0.3 is 19.3 Å². The van der Waals surface area contributed by atoms with Crippen molar-refractivity contribution in [1.29, 1.82) is 0 Å². The Labute approximate surface area is 220 Å². The summed E-state index contributed by atoms with van der Waals surface area (Å²) in [5.74, 6) is -1.83. The van der Waals surface area contributed by atoms with E-state index >= 15 is 0 Å². The highest BCUT2D eigenvalue weighted by molar-refractivity contribution is 7.17. The van der Waals surface area contributed by atoms with Gasteiger partial charge in [-0.25, -0.2) is 9.78 Å². The number of hydrogen-bond donors (Lipinski definition) is 1. The van der Waals surface area contributed by atoms with Crippen molar-refractivity contribution in [1.82, 2.24) is 4.98 Å². The van der Waals surface area contributed by atoms with Gasteiger partial charge in [-0.3, -0.25) is 14.5 Å². The molecule has 2 aliphatic rings. The van der Waals surface area contributed by atoms with E-state index in [0.717, 1.165) is 11.3 Å². The molecule has 0 spiro atoms. The number of rotatable bonds is 5. The fourth-order valence-corrected chi connectivity index (χ4v) is 5.43. The molecule has 2 aromatic carbocycles. The third-order valence-corrected chi connectivity index (χ3v) is 7.25. The monoisotopic (exact) mass is 540 g/mol. The maximum atomic E-state index is 13.4. The molecule has 11 heteroatoms. The molecule has 1 N–H and O–H groups in total. The molecule has 3 heterocycles. The fraction of sp³-hybridized carbons (Fsp3) is 0.231. The second-order valence-electron chi connectivity index (χ2n) is 8.21. The third-order valence-electron chi connectivity index (χ3n) is 5.88. The Bertz CT molecular complexity index is 1460. The van der Waals surface area contributed by atoms with Gasteiger partial charge in [0, 0.05) is 10.6 Å². The molecule has 1 aromatic heterocycles. The minimum absolute atomic E-state index is 0.119. The second kappa shape index (κ2) is 9.87. The average Bonchev–Trinajstić information content (AvgIpc) is 3.40. The van der Waals surface area contributed by atoms with E-state index < -0.39 is 23.7 Å². The number of carbonyl (C=O) groups is 3. The Morgan fingerprint density at radius 3 is 2.68 bits per heavy atom. The van der Waals surface area contributed by atoms with Crippen molar-refractivity contribution in [2.24, 2.45) is 0 Å². The normalized spacial score (nSPS) is 18.2. The zero-order valence-electron chi connectivity index (χ0n) is 19.8. The van der Waals surface area contributed by atoms with E-state index in [1.807, 2.05) is 0 Å². The van der Waals surface area contributed by atoms with Crippen molar-refractivity contribution in [2.75, 3.05) is 24.7 Å². The number of ether oxygens (including phenoxy) is 3. The standard InChI is InChI=1S/C26H21ClN2O7S/c1-3-34-25(33)23-13(2)28-26(37-23)29-20(14-5-4-6-16(27)11-14)19(22(31)24(29)32)21(30)15-7-8-17-18(12-15)36-10-9-35-17/h4-8,11-12,20,30H,3,9-10H2,1-2H3/b21-19-. The van der Waals surface area contributed by atoms with E-state index in [0.29, 0.717) is 41.0 Å². The maximum Gasteiger partial charge on any atom is 0.350 e. The SMILES string of the molecule is CCOC(=O)c1sc(N2C(=O)C(=O)/C(=C(\O)c3ccc4c(c3)OCCO4)C2c2cccc(Cl)c2)nc1C. The lowest BCUT2D eigenvalue weighted by molar-refractivity contribution is -0.132. The van der Waals surface area contributed by atoms with E-state index in [1.54, 1.807) is 56.3 Å². The van der Waals surface area contributed by atoms with Crippen LogP contribution in [-0.4, -0.2) is 47.6 Å². The van der Waals surface area contributed by atoms with Crippen LogP contribution >= 0.6 is 22.9 Å². The summed E-state index contributed by atoms with van der Waals surface area (Å²) in [4.78, 5) is 44.9. The predicted octanol–water partition coefficient (Wildman–Crippen LogP) is 4.68. The Morgan fingerprint density at radius 2 is 1.95 bits per heavy atom. The number of aromatic nitrogens is 1. The van der Waals surface area contributed by atoms with Gasteiger partial charge in [0.15, 0.2) is 16.6 Å². The smallest absolute Gasteiger partial charge is 0.350 e. The first-order valence-corrected chi connectivity index (χ1v) is 12.6. The van der Waals surface area contributed by atoms with Crippen LogP contribution in [0.3, 0.4) is 0 Å². The first-order chi connectivity index (χ1) is 17.8. The van der Waals surface area contributed by atoms with Crippen LogP contribution in [0.2, 0.25) is 5.02 Å². The highest BCUT2D eigenvalue weighted by Gasteiger charge is 2.48. The topological polar surface area (TPSA) is 115 Å². The molecule has 1 saturated heterocycles. The number of esters is 1. The van der Waals surface area contributed by atoms with Crippen LogP contribution in [-0.2, 0) is 14.3 Å².